The monoisotopic (exact) mass is 398 g/mol. The van der Waals surface area contributed by atoms with Crippen molar-refractivity contribution in [2.24, 2.45) is 0 Å². The van der Waals surface area contributed by atoms with Gasteiger partial charge in [-0.3, -0.25) is 9.36 Å². The number of piperidine rings is 1. The zero-order valence-corrected chi connectivity index (χ0v) is 17.5. The molecule has 1 saturated carbocycles. The van der Waals surface area contributed by atoms with E-state index < -0.39 is 0 Å². The molecule has 5 nitrogen and oxygen atoms in total. The van der Waals surface area contributed by atoms with Gasteiger partial charge in [0.15, 0.2) is 11.0 Å². The van der Waals surface area contributed by atoms with Gasteiger partial charge in [0.25, 0.3) is 0 Å². The number of carbonyl (C=O) groups is 1. The Morgan fingerprint density at radius 2 is 1.79 bits per heavy atom. The van der Waals surface area contributed by atoms with Crippen LogP contribution in [0, 0.1) is 0 Å². The van der Waals surface area contributed by atoms with E-state index in [2.05, 4.69) is 38.7 Å². The molecule has 2 aliphatic rings. The molecule has 0 spiro atoms. The minimum Gasteiger partial charge on any atom is -0.339 e. The van der Waals surface area contributed by atoms with Gasteiger partial charge in [0.1, 0.15) is 0 Å². The zero-order valence-electron chi connectivity index (χ0n) is 16.7. The maximum absolute atomic E-state index is 12.8. The number of amides is 1. The largest absolute Gasteiger partial charge is 0.339 e. The van der Waals surface area contributed by atoms with Crippen LogP contribution in [0.2, 0.25) is 0 Å². The third kappa shape index (κ3) is 4.27. The molecule has 1 saturated heterocycles. The van der Waals surface area contributed by atoms with E-state index in [0.29, 0.717) is 17.8 Å². The standard InChI is InChI=1S/C22H30N4OS/c1-17-10-8-9-15-25(17)20(27)16-28-22-24-23-21(18-11-4-2-5-12-18)26(22)19-13-6-3-7-14-19/h2,4-5,11-12,17,19H,3,6-10,13-16H2,1H3. The van der Waals surface area contributed by atoms with Crippen molar-refractivity contribution in [3.8, 4) is 11.4 Å². The van der Waals surface area contributed by atoms with E-state index in [9.17, 15) is 4.79 Å². The molecule has 0 bridgehead atoms. The van der Waals surface area contributed by atoms with Gasteiger partial charge in [-0.1, -0.05) is 61.4 Å². The van der Waals surface area contributed by atoms with Crippen LogP contribution in [0.25, 0.3) is 11.4 Å². The van der Waals surface area contributed by atoms with Crippen molar-refractivity contribution in [3.05, 3.63) is 30.3 Å². The lowest BCUT2D eigenvalue weighted by Crippen LogP contribution is -2.43. The van der Waals surface area contributed by atoms with Crippen LogP contribution in [0.1, 0.15) is 64.3 Å². The molecule has 1 aromatic carbocycles. The van der Waals surface area contributed by atoms with E-state index in [1.165, 1.54) is 38.5 Å². The summed E-state index contributed by atoms with van der Waals surface area (Å²) in [5.41, 5.74) is 1.10. The van der Waals surface area contributed by atoms with Gasteiger partial charge < -0.3 is 4.90 Å². The van der Waals surface area contributed by atoms with E-state index in [4.69, 9.17) is 0 Å². The van der Waals surface area contributed by atoms with Crippen molar-refractivity contribution < 1.29 is 4.79 Å². The molecule has 4 rings (SSSR count). The first-order valence-electron chi connectivity index (χ1n) is 10.7. The fourth-order valence-corrected chi connectivity index (χ4v) is 5.40. The van der Waals surface area contributed by atoms with Crippen molar-refractivity contribution in [1.82, 2.24) is 19.7 Å². The van der Waals surface area contributed by atoms with Crippen LogP contribution in [0.15, 0.2) is 35.5 Å². The van der Waals surface area contributed by atoms with Crippen molar-refractivity contribution in [2.75, 3.05) is 12.3 Å². The van der Waals surface area contributed by atoms with Gasteiger partial charge in [0, 0.05) is 24.2 Å². The van der Waals surface area contributed by atoms with Crippen LogP contribution in [-0.2, 0) is 4.79 Å². The smallest absolute Gasteiger partial charge is 0.233 e. The van der Waals surface area contributed by atoms with Gasteiger partial charge >= 0.3 is 0 Å². The van der Waals surface area contributed by atoms with Crippen LogP contribution < -0.4 is 0 Å². The SMILES string of the molecule is CC1CCCCN1C(=O)CSc1nnc(-c2ccccc2)n1C1CCCCC1. The quantitative estimate of drug-likeness (QED) is 0.669. The summed E-state index contributed by atoms with van der Waals surface area (Å²) in [7, 11) is 0. The summed E-state index contributed by atoms with van der Waals surface area (Å²) < 4.78 is 2.31. The number of hydrogen-bond acceptors (Lipinski definition) is 4. The van der Waals surface area contributed by atoms with Crippen LogP contribution in [-0.4, -0.2) is 43.9 Å². The number of hydrogen-bond donors (Lipinski definition) is 0. The number of rotatable bonds is 5. The molecule has 1 unspecified atom stereocenters. The summed E-state index contributed by atoms with van der Waals surface area (Å²) in [6.45, 7) is 3.06. The molecule has 28 heavy (non-hydrogen) atoms. The van der Waals surface area contributed by atoms with E-state index in [0.717, 1.165) is 35.9 Å². The molecular weight excluding hydrogens is 368 g/mol. The molecule has 0 N–H and O–H groups in total. The topological polar surface area (TPSA) is 51.0 Å². The molecule has 1 aliphatic heterocycles. The van der Waals surface area contributed by atoms with Gasteiger partial charge in [-0.05, 0) is 39.0 Å². The highest BCUT2D eigenvalue weighted by Crippen LogP contribution is 2.35. The summed E-state index contributed by atoms with van der Waals surface area (Å²) in [6, 6.07) is 11.1. The molecule has 0 radical (unpaired) electrons. The number of benzene rings is 1. The molecule has 150 valence electrons. The van der Waals surface area contributed by atoms with E-state index in [1.54, 1.807) is 11.8 Å². The number of nitrogens with zero attached hydrogens (tertiary/aromatic N) is 4. The van der Waals surface area contributed by atoms with Crippen LogP contribution in [0.5, 0.6) is 0 Å². The van der Waals surface area contributed by atoms with Crippen LogP contribution in [0.3, 0.4) is 0 Å². The van der Waals surface area contributed by atoms with Crippen LogP contribution in [0.4, 0.5) is 0 Å². The Bertz CT molecular complexity index is 785. The lowest BCUT2D eigenvalue weighted by atomic mass is 9.95. The molecule has 1 aromatic heterocycles. The minimum atomic E-state index is 0.233. The van der Waals surface area contributed by atoms with Gasteiger partial charge in [-0.15, -0.1) is 10.2 Å². The Labute approximate surface area is 171 Å². The van der Waals surface area contributed by atoms with Crippen molar-refractivity contribution >= 4 is 17.7 Å². The van der Waals surface area contributed by atoms with Crippen molar-refractivity contribution in [1.29, 1.82) is 0 Å². The van der Waals surface area contributed by atoms with Gasteiger partial charge in [0.05, 0.1) is 5.75 Å². The van der Waals surface area contributed by atoms with E-state index in [-0.39, 0.29) is 5.91 Å². The molecule has 1 atom stereocenters. The lowest BCUT2D eigenvalue weighted by molar-refractivity contribution is -0.131. The Kier molecular flexibility index (Phi) is 6.35. The molecule has 2 fully saturated rings. The highest BCUT2D eigenvalue weighted by molar-refractivity contribution is 7.99. The Morgan fingerprint density at radius 3 is 2.54 bits per heavy atom. The first-order chi connectivity index (χ1) is 13.7. The van der Waals surface area contributed by atoms with Crippen molar-refractivity contribution in [2.45, 2.75) is 75.5 Å². The third-order valence-corrected chi connectivity index (χ3v) is 7.01. The van der Waals surface area contributed by atoms with Gasteiger partial charge in [-0.25, -0.2) is 0 Å². The molecule has 6 heteroatoms. The molecule has 1 aliphatic carbocycles. The summed E-state index contributed by atoms with van der Waals surface area (Å²) in [5.74, 6) is 1.62. The zero-order chi connectivity index (χ0) is 19.3. The van der Waals surface area contributed by atoms with Gasteiger partial charge in [0.2, 0.25) is 5.91 Å². The maximum Gasteiger partial charge on any atom is 0.233 e. The van der Waals surface area contributed by atoms with Crippen molar-refractivity contribution in [3.63, 3.8) is 0 Å². The minimum absolute atomic E-state index is 0.233. The number of aromatic nitrogens is 3. The second-order valence-electron chi connectivity index (χ2n) is 8.05. The molecule has 1 amide bonds. The molecular formula is C22H30N4OS. The number of thioether (sulfide) groups is 1. The van der Waals surface area contributed by atoms with E-state index in [1.807, 2.05) is 18.2 Å². The fraction of sp³-hybridized carbons (Fsp3) is 0.591. The second-order valence-corrected chi connectivity index (χ2v) is 9.00. The molecule has 2 aromatic rings. The van der Waals surface area contributed by atoms with Crippen LogP contribution >= 0.6 is 11.8 Å². The molecule has 2 heterocycles. The first kappa shape index (κ1) is 19.5. The number of carbonyl (C=O) groups excluding carboxylic acids is 1. The Morgan fingerprint density at radius 1 is 1.04 bits per heavy atom. The summed E-state index contributed by atoms with van der Waals surface area (Å²) >= 11 is 1.56. The van der Waals surface area contributed by atoms with E-state index >= 15 is 0 Å². The fourth-order valence-electron chi connectivity index (χ4n) is 4.51. The highest BCUT2D eigenvalue weighted by Gasteiger charge is 2.26. The maximum atomic E-state index is 12.8. The summed E-state index contributed by atoms with van der Waals surface area (Å²) in [6.07, 6.45) is 9.63. The normalized spacial score (nSPS) is 21.0. The summed E-state index contributed by atoms with van der Waals surface area (Å²) in [4.78, 5) is 14.8. The number of likely N-dealkylation sites (tertiary alicyclic amines) is 1. The average molecular weight is 399 g/mol. The lowest BCUT2D eigenvalue weighted by Gasteiger charge is -2.33. The second kappa shape index (κ2) is 9.12. The van der Waals surface area contributed by atoms with Gasteiger partial charge in [-0.2, -0.15) is 0 Å². The first-order valence-corrected chi connectivity index (χ1v) is 11.6. The predicted molar refractivity (Wildman–Crippen MR) is 113 cm³/mol. The third-order valence-electron chi connectivity index (χ3n) is 6.08. The Hall–Kier alpha value is -1.82. The average Bonchev–Trinajstić information content (AvgIpc) is 3.17. The summed E-state index contributed by atoms with van der Waals surface area (Å²) in [5, 5.41) is 9.94. The highest BCUT2D eigenvalue weighted by atomic mass is 32.2. The Balaban J connectivity index is 1.54. The predicted octanol–water partition coefficient (Wildman–Crippen LogP) is 4.94.